The highest BCUT2D eigenvalue weighted by molar-refractivity contribution is 8.04. The molecule has 1 heterocycles. The van der Waals surface area contributed by atoms with Gasteiger partial charge in [0, 0.05) is 28.7 Å². The molecule has 0 amide bonds. The van der Waals surface area contributed by atoms with Crippen molar-refractivity contribution in [2.24, 2.45) is 0 Å². The van der Waals surface area contributed by atoms with Crippen molar-refractivity contribution in [3.8, 4) is 5.40 Å². The molecule has 3 aromatic rings. The van der Waals surface area contributed by atoms with Crippen molar-refractivity contribution in [3.05, 3.63) is 76.8 Å². The monoisotopic (exact) mass is 405 g/mol. The van der Waals surface area contributed by atoms with Gasteiger partial charge in [-0.3, -0.25) is 0 Å². The number of halogens is 2. The van der Waals surface area contributed by atoms with Crippen LogP contribution in [0.15, 0.2) is 71.0 Å². The molecule has 0 aliphatic heterocycles. The average molecular weight is 406 g/mol. The van der Waals surface area contributed by atoms with Gasteiger partial charge in [-0.05, 0) is 41.6 Å². The van der Waals surface area contributed by atoms with Crippen molar-refractivity contribution in [2.45, 2.75) is 21.6 Å². The summed E-state index contributed by atoms with van der Waals surface area (Å²) in [5.41, 5.74) is 1.11. The van der Waals surface area contributed by atoms with E-state index >= 15 is 0 Å². The molecule has 0 aliphatic carbocycles. The lowest BCUT2D eigenvalue weighted by Crippen LogP contribution is -2.06. The zero-order chi connectivity index (χ0) is 17.6. The maximum absolute atomic E-state index is 9.10. The Kier molecular flexibility index (Phi) is 6.33. The molecule has 0 radical (unpaired) electrons. The highest BCUT2D eigenvalue weighted by Crippen LogP contribution is 2.41. The van der Waals surface area contributed by atoms with Gasteiger partial charge in [0.2, 0.25) is 0 Å². The van der Waals surface area contributed by atoms with Crippen LogP contribution in [0.4, 0.5) is 0 Å². The Morgan fingerprint density at radius 2 is 2.00 bits per heavy atom. The molecule has 1 atom stereocenters. The zero-order valence-electron chi connectivity index (χ0n) is 13.0. The number of nitriles is 1. The zero-order valence-corrected chi connectivity index (χ0v) is 16.1. The van der Waals surface area contributed by atoms with E-state index in [2.05, 4.69) is 16.5 Å². The van der Waals surface area contributed by atoms with Crippen molar-refractivity contribution >= 4 is 46.7 Å². The fraction of sp³-hybridized carbons (Fsp3) is 0.111. The third-order valence-electron chi connectivity index (χ3n) is 3.53. The Bertz CT molecular complexity index is 892. The number of hydrogen-bond donors (Lipinski definition) is 0. The van der Waals surface area contributed by atoms with Crippen molar-refractivity contribution in [1.29, 1.82) is 5.26 Å². The Hall–Kier alpha value is -1.58. The van der Waals surface area contributed by atoms with Gasteiger partial charge in [0.25, 0.3) is 0 Å². The van der Waals surface area contributed by atoms with Crippen LogP contribution < -0.4 is 0 Å². The van der Waals surface area contributed by atoms with Crippen molar-refractivity contribution in [2.75, 3.05) is 0 Å². The van der Waals surface area contributed by atoms with Crippen molar-refractivity contribution in [1.82, 2.24) is 9.55 Å². The lowest BCUT2D eigenvalue weighted by Gasteiger charge is -2.20. The Balaban J connectivity index is 1.95. The standard InChI is InChI=1S/C18H13Cl2N3S2/c19-15-6-5-13(9-16(15)20)25-18(10-23-8-7-22-12-23)14-3-1-2-4-17(14)24-11-21/h1-9,12,18H,10H2. The predicted octanol–water partition coefficient (Wildman–Crippen LogP) is 6.30. The summed E-state index contributed by atoms with van der Waals surface area (Å²) in [5, 5.41) is 12.4. The summed E-state index contributed by atoms with van der Waals surface area (Å²) in [6.45, 7) is 0.730. The fourth-order valence-corrected chi connectivity index (χ4v) is 4.64. The SMILES string of the molecule is N#CSc1ccccc1C(Cn1ccnc1)Sc1ccc(Cl)c(Cl)c1. The third-order valence-corrected chi connectivity index (χ3v) is 6.16. The second kappa shape index (κ2) is 8.68. The largest absolute Gasteiger partial charge is 0.336 e. The first-order chi connectivity index (χ1) is 12.2. The van der Waals surface area contributed by atoms with Crippen LogP contribution in [0.1, 0.15) is 10.8 Å². The summed E-state index contributed by atoms with van der Waals surface area (Å²) in [5.74, 6) is 0. The van der Waals surface area contributed by atoms with Crippen molar-refractivity contribution in [3.63, 3.8) is 0 Å². The van der Waals surface area contributed by atoms with Gasteiger partial charge in [-0.15, -0.1) is 11.8 Å². The van der Waals surface area contributed by atoms with E-state index in [-0.39, 0.29) is 5.25 Å². The van der Waals surface area contributed by atoms with Gasteiger partial charge in [-0.1, -0.05) is 41.4 Å². The van der Waals surface area contributed by atoms with E-state index in [0.29, 0.717) is 10.0 Å². The Morgan fingerprint density at radius 1 is 1.16 bits per heavy atom. The predicted molar refractivity (Wildman–Crippen MR) is 105 cm³/mol. The number of nitrogens with zero attached hydrogens (tertiary/aromatic N) is 3. The first kappa shape index (κ1) is 18.2. The maximum Gasteiger partial charge on any atom is 0.138 e. The summed E-state index contributed by atoms with van der Waals surface area (Å²) in [7, 11) is 0. The van der Waals surface area contributed by atoms with E-state index in [4.69, 9.17) is 28.5 Å². The minimum Gasteiger partial charge on any atom is -0.336 e. The highest BCUT2D eigenvalue weighted by Gasteiger charge is 2.18. The minimum atomic E-state index is 0.100. The van der Waals surface area contributed by atoms with Gasteiger partial charge in [0.05, 0.1) is 21.6 Å². The number of thioether (sulfide) groups is 2. The first-order valence-electron chi connectivity index (χ1n) is 7.39. The van der Waals surface area contributed by atoms with Crippen LogP contribution >= 0.6 is 46.7 Å². The Morgan fingerprint density at radius 3 is 2.72 bits per heavy atom. The van der Waals surface area contributed by atoms with E-state index in [1.807, 2.05) is 41.1 Å². The summed E-state index contributed by atoms with van der Waals surface area (Å²) >= 11 is 15.0. The van der Waals surface area contributed by atoms with Crippen molar-refractivity contribution < 1.29 is 0 Å². The van der Waals surface area contributed by atoms with E-state index < -0.39 is 0 Å². The molecule has 0 saturated carbocycles. The molecular weight excluding hydrogens is 393 g/mol. The normalized spacial score (nSPS) is 11.9. The lowest BCUT2D eigenvalue weighted by molar-refractivity contribution is 0.677. The molecule has 1 aromatic heterocycles. The second-order valence-electron chi connectivity index (χ2n) is 5.17. The van der Waals surface area contributed by atoms with Crippen LogP contribution in [-0.2, 0) is 6.54 Å². The summed E-state index contributed by atoms with van der Waals surface area (Å²) in [4.78, 5) is 6.10. The number of thiocyanates is 1. The van der Waals surface area contributed by atoms with E-state index in [0.717, 1.165) is 21.9 Å². The molecule has 0 fully saturated rings. The lowest BCUT2D eigenvalue weighted by atomic mass is 10.1. The molecule has 0 aliphatic rings. The summed E-state index contributed by atoms with van der Waals surface area (Å²) in [6, 6.07) is 13.6. The van der Waals surface area contributed by atoms with Crippen LogP contribution in [0.2, 0.25) is 10.0 Å². The van der Waals surface area contributed by atoms with Gasteiger partial charge >= 0.3 is 0 Å². The van der Waals surface area contributed by atoms with Gasteiger partial charge in [0.1, 0.15) is 5.40 Å². The summed E-state index contributed by atoms with van der Waals surface area (Å²) in [6.07, 6.45) is 5.49. The molecule has 2 aromatic carbocycles. The molecule has 0 bridgehead atoms. The molecule has 1 unspecified atom stereocenters. The van der Waals surface area contributed by atoms with Crippen LogP contribution in [-0.4, -0.2) is 9.55 Å². The topological polar surface area (TPSA) is 41.6 Å². The minimum absolute atomic E-state index is 0.100. The van der Waals surface area contributed by atoms with Gasteiger partial charge in [0.15, 0.2) is 0 Å². The van der Waals surface area contributed by atoms with E-state index in [1.54, 1.807) is 30.4 Å². The van der Waals surface area contributed by atoms with Crippen LogP contribution in [0.5, 0.6) is 0 Å². The number of rotatable bonds is 6. The highest BCUT2D eigenvalue weighted by atomic mass is 35.5. The molecule has 126 valence electrons. The molecule has 0 spiro atoms. The quantitative estimate of drug-likeness (QED) is 0.356. The van der Waals surface area contributed by atoms with Gasteiger partial charge in [-0.2, -0.15) is 5.26 Å². The maximum atomic E-state index is 9.10. The smallest absolute Gasteiger partial charge is 0.138 e. The van der Waals surface area contributed by atoms with Crippen LogP contribution in [0, 0.1) is 10.7 Å². The fourth-order valence-electron chi connectivity index (χ4n) is 2.39. The second-order valence-corrected chi connectivity index (χ2v) is 8.09. The number of imidazole rings is 1. The average Bonchev–Trinajstić information content (AvgIpc) is 3.11. The van der Waals surface area contributed by atoms with Gasteiger partial charge < -0.3 is 4.57 Å². The number of hydrogen-bond acceptors (Lipinski definition) is 4. The van der Waals surface area contributed by atoms with Crippen LogP contribution in [0.25, 0.3) is 0 Å². The molecular formula is C18H13Cl2N3S2. The number of aromatic nitrogens is 2. The molecule has 0 N–H and O–H groups in total. The number of benzene rings is 2. The van der Waals surface area contributed by atoms with Crippen LogP contribution in [0.3, 0.4) is 0 Å². The molecule has 0 saturated heterocycles. The Labute approximate surface area is 165 Å². The molecule has 3 nitrogen and oxygen atoms in total. The molecule has 7 heteroatoms. The molecule has 3 rings (SSSR count). The van der Waals surface area contributed by atoms with E-state index in [9.17, 15) is 0 Å². The first-order valence-corrected chi connectivity index (χ1v) is 9.85. The molecule has 25 heavy (non-hydrogen) atoms. The summed E-state index contributed by atoms with van der Waals surface area (Å²) < 4.78 is 2.03. The van der Waals surface area contributed by atoms with Gasteiger partial charge in [-0.25, -0.2) is 4.98 Å². The third kappa shape index (κ3) is 4.74. The van der Waals surface area contributed by atoms with E-state index in [1.165, 1.54) is 11.8 Å².